The van der Waals surface area contributed by atoms with Gasteiger partial charge in [-0.25, -0.2) is 0 Å². The van der Waals surface area contributed by atoms with Crippen molar-refractivity contribution in [3.8, 4) is 11.5 Å². The highest BCUT2D eigenvalue weighted by Gasteiger charge is 2.41. The lowest BCUT2D eigenvalue weighted by Gasteiger charge is -2.36. The molecule has 1 amide bonds. The largest absolute Gasteiger partial charge is 0.493 e. The number of hydrogen-bond donors (Lipinski definition) is 0. The summed E-state index contributed by atoms with van der Waals surface area (Å²) in [7, 11) is 3.86. The van der Waals surface area contributed by atoms with Crippen LogP contribution in [0.25, 0.3) is 0 Å². The number of carbonyl (C=O) groups is 1. The Morgan fingerprint density at radius 1 is 1.20 bits per heavy atom. The number of rotatable bonds is 3. The summed E-state index contributed by atoms with van der Waals surface area (Å²) in [6.07, 6.45) is 5.47. The lowest BCUT2D eigenvalue weighted by Crippen LogP contribution is -2.50. The summed E-state index contributed by atoms with van der Waals surface area (Å²) < 4.78 is 11.3. The van der Waals surface area contributed by atoms with Crippen molar-refractivity contribution in [2.24, 2.45) is 5.92 Å². The molecule has 0 bridgehead atoms. The zero-order chi connectivity index (χ0) is 17.4. The molecule has 1 aromatic carbocycles. The zero-order valence-corrected chi connectivity index (χ0v) is 15.2. The summed E-state index contributed by atoms with van der Waals surface area (Å²) >= 11 is 0. The number of nitrogens with zero attached hydrogens (tertiary/aromatic N) is 2. The molecule has 0 unspecified atom stereocenters. The molecular formula is C20H28N2O3. The average molecular weight is 344 g/mol. The Balaban J connectivity index is 1.49. The molecule has 3 aliphatic rings. The van der Waals surface area contributed by atoms with E-state index in [0.29, 0.717) is 18.7 Å². The maximum atomic E-state index is 13.2. The molecule has 3 atom stereocenters. The van der Waals surface area contributed by atoms with E-state index >= 15 is 0 Å². The summed E-state index contributed by atoms with van der Waals surface area (Å²) in [6.45, 7) is 2.51. The van der Waals surface area contributed by atoms with Crippen LogP contribution >= 0.6 is 0 Å². The molecule has 3 heterocycles. The van der Waals surface area contributed by atoms with Crippen LogP contribution in [-0.2, 0) is 11.2 Å². The van der Waals surface area contributed by atoms with Crippen LogP contribution in [0.1, 0.15) is 31.2 Å². The number of ether oxygens (including phenoxy) is 2. The molecule has 5 heteroatoms. The van der Waals surface area contributed by atoms with Crippen LogP contribution in [0.4, 0.5) is 0 Å². The van der Waals surface area contributed by atoms with Gasteiger partial charge in [0, 0.05) is 18.6 Å². The Morgan fingerprint density at radius 3 is 2.76 bits per heavy atom. The van der Waals surface area contributed by atoms with Crippen molar-refractivity contribution in [2.75, 3.05) is 33.9 Å². The predicted molar refractivity (Wildman–Crippen MR) is 96.1 cm³/mol. The van der Waals surface area contributed by atoms with Crippen LogP contribution in [0.15, 0.2) is 18.2 Å². The second-order valence-electron chi connectivity index (χ2n) is 7.59. The number of fused-ring (bicyclic) bond motifs is 1. The van der Waals surface area contributed by atoms with E-state index in [9.17, 15) is 4.79 Å². The highest BCUT2D eigenvalue weighted by molar-refractivity contribution is 5.80. The second-order valence-corrected chi connectivity index (χ2v) is 7.59. The van der Waals surface area contributed by atoms with Crippen molar-refractivity contribution in [3.63, 3.8) is 0 Å². The van der Waals surface area contributed by atoms with Crippen LogP contribution in [0.5, 0.6) is 11.5 Å². The number of methoxy groups -OCH3 is 1. The first kappa shape index (κ1) is 16.7. The maximum Gasteiger partial charge on any atom is 0.229 e. The lowest BCUT2D eigenvalue weighted by atomic mass is 9.94. The molecule has 1 aromatic rings. The Labute approximate surface area is 149 Å². The third kappa shape index (κ3) is 2.99. The van der Waals surface area contributed by atoms with E-state index in [1.807, 2.05) is 18.2 Å². The normalized spacial score (nSPS) is 29.4. The number of para-hydroxylation sites is 1. The van der Waals surface area contributed by atoms with Gasteiger partial charge >= 0.3 is 0 Å². The van der Waals surface area contributed by atoms with Crippen LogP contribution < -0.4 is 9.47 Å². The van der Waals surface area contributed by atoms with Crippen molar-refractivity contribution in [2.45, 2.75) is 44.2 Å². The first-order valence-corrected chi connectivity index (χ1v) is 9.48. The van der Waals surface area contributed by atoms with Gasteiger partial charge in [-0.2, -0.15) is 0 Å². The molecule has 4 rings (SSSR count). The van der Waals surface area contributed by atoms with Crippen LogP contribution in [0, 0.1) is 5.92 Å². The molecule has 0 radical (unpaired) electrons. The second kappa shape index (κ2) is 6.87. The molecule has 136 valence electrons. The van der Waals surface area contributed by atoms with Gasteiger partial charge < -0.3 is 19.3 Å². The van der Waals surface area contributed by atoms with Crippen molar-refractivity contribution >= 4 is 5.91 Å². The summed E-state index contributed by atoms with van der Waals surface area (Å²) in [5.74, 6) is 1.76. The van der Waals surface area contributed by atoms with E-state index in [1.54, 1.807) is 7.11 Å². The first-order chi connectivity index (χ1) is 12.2. The molecule has 0 spiro atoms. The standard InChI is InChI=1S/C20H28N2O3/c1-21-10-4-7-16(21)17-8-5-11-22(17)20(23)15-12-14-6-3-9-18(24-2)19(14)25-13-15/h3,6,9,15-17H,4-5,7-8,10-13H2,1-2H3/t15-,16+,17+/m1/s1. The fourth-order valence-electron chi connectivity index (χ4n) is 4.84. The average Bonchev–Trinajstić information content (AvgIpc) is 3.28. The van der Waals surface area contributed by atoms with Crippen molar-refractivity contribution in [3.05, 3.63) is 23.8 Å². The van der Waals surface area contributed by atoms with E-state index in [1.165, 1.54) is 12.8 Å². The molecule has 5 nitrogen and oxygen atoms in total. The Bertz CT molecular complexity index is 648. The number of likely N-dealkylation sites (tertiary alicyclic amines) is 2. The van der Waals surface area contributed by atoms with Crippen molar-refractivity contribution in [1.29, 1.82) is 0 Å². The molecule has 2 fully saturated rings. The van der Waals surface area contributed by atoms with Crippen LogP contribution in [0.2, 0.25) is 0 Å². The SMILES string of the molecule is COc1cccc2c1OC[C@H](C(=O)N1CCC[C@H]1[C@@H]1CCCN1C)C2. The van der Waals surface area contributed by atoms with E-state index < -0.39 is 0 Å². The first-order valence-electron chi connectivity index (χ1n) is 9.48. The molecular weight excluding hydrogens is 316 g/mol. The minimum absolute atomic E-state index is 0.0769. The molecule has 0 saturated carbocycles. The number of carbonyl (C=O) groups excluding carboxylic acids is 1. The summed E-state index contributed by atoms with van der Waals surface area (Å²) in [5, 5.41) is 0. The highest BCUT2D eigenvalue weighted by atomic mass is 16.5. The van der Waals surface area contributed by atoms with Gasteiger partial charge in [-0.15, -0.1) is 0 Å². The monoisotopic (exact) mass is 344 g/mol. The summed E-state index contributed by atoms with van der Waals surface area (Å²) in [6, 6.07) is 6.84. The van der Waals surface area contributed by atoms with Gasteiger partial charge in [0.25, 0.3) is 0 Å². The summed E-state index contributed by atoms with van der Waals surface area (Å²) in [5.41, 5.74) is 1.08. The van der Waals surface area contributed by atoms with E-state index in [0.717, 1.165) is 49.4 Å². The molecule has 0 aliphatic carbocycles. The molecule has 2 saturated heterocycles. The molecule has 0 aromatic heterocycles. The quantitative estimate of drug-likeness (QED) is 0.844. The van der Waals surface area contributed by atoms with Crippen LogP contribution in [0.3, 0.4) is 0 Å². The maximum absolute atomic E-state index is 13.2. The van der Waals surface area contributed by atoms with Crippen molar-refractivity contribution in [1.82, 2.24) is 9.80 Å². The topological polar surface area (TPSA) is 42.0 Å². The van der Waals surface area contributed by atoms with Gasteiger partial charge in [0.05, 0.1) is 13.0 Å². The fourth-order valence-corrected chi connectivity index (χ4v) is 4.84. The van der Waals surface area contributed by atoms with Gasteiger partial charge in [-0.1, -0.05) is 12.1 Å². The van der Waals surface area contributed by atoms with Gasteiger partial charge in [0.1, 0.15) is 6.61 Å². The van der Waals surface area contributed by atoms with Gasteiger partial charge in [0.2, 0.25) is 5.91 Å². The van der Waals surface area contributed by atoms with E-state index in [-0.39, 0.29) is 11.8 Å². The Hall–Kier alpha value is -1.75. The third-order valence-corrected chi connectivity index (χ3v) is 6.13. The van der Waals surface area contributed by atoms with E-state index in [4.69, 9.17) is 9.47 Å². The van der Waals surface area contributed by atoms with Gasteiger partial charge in [-0.05, 0) is 57.3 Å². The van der Waals surface area contributed by atoms with E-state index in [2.05, 4.69) is 16.8 Å². The molecule has 3 aliphatic heterocycles. The Morgan fingerprint density at radius 2 is 2.00 bits per heavy atom. The lowest BCUT2D eigenvalue weighted by molar-refractivity contribution is -0.138. The fraction of sp³-hybridized carbons (Fsp3) is 0.650. The number of amides is 1. The number of hydrogen-bond acceptors (Lipinski definition) is 4. The van der Waals surface area contributed by atoms with Gasteiger partial charge in [0.15, 0.2) is 11.5 Å². The van der Waals surface area contributed by atoms with Crippen molar-refractivity contribution < 1.29 is 14.3 Å². The third-order valence-electron chi connectivity index (χ3n) is 6.13. The minimum atomic E-state index is -0.0769. The Kier molecular flexibility index (Phi) is 4.59. The number of likely N-dealkylation sites (N-methyl/N-ethyl adjacent to an activating group) is 1. The smallest absolute Gasteiger partial charge is 0.229 e. The number of benzene rings is 1. The minimum Gasteiger partial charge on any atom is -0.493 e. The molecule has 25 heavy (non-hydrogen) atoms. The summed E-state index contributed by atoms with van der Waals surface area (Å²) in [4.78, 5) is 17.8. The predicted octanol–water partition coefficient (Wildman–Crippen LogP) is 2.33. The zero-order valence-electron chi connectivity index (χ0n) is 15.2. The van der Waals surface area contributed by atoms with Crippen LogP contribution in [-0.4, -0.2) is 61.6 Å². The highest BCUT2D eigenvalue weighted by Crippen LogP contribution is 2.37. The molecule has 0 N–H and O–H groups in total. The van der Waals surface area contributed by atoms with Gasteiger partial charge in [-0.3, -0.25) is 4.79 Å².